The van der Waals surface area contributed by atoms with E-state index in [-0.39, 0.29) is 15.8 Å². The molecule has 1 aromatic rings. The van der Waals surface area contributed by atoms with Crippen molar-refractivity contribution in [2.75, 3.05) is 26.2 Å². The second-order valence-electron chi connectivity index (χ2n) is 8.32. The van der Waals surface area contributed by atoms with Crippen LogP contribution in [0.15, 0.2) is 34.1 Å². The summed E-state index contributed by atoms with van der Waals surface area (Å²) in [6, 6.07) is 5.39. The SMILES string of the molecule is CC1CC(C)CN(CCCNS(=O)(=O)c2ccc(S(=O)(=O)NC3CC3)cc2)C1. The molecule has 1 heterocycles. The van der Waals surface area contributed by atoms with E-state index >= 15 is 0 Å². The molecule has 2 atom stereocenters. The normalized spacial score (nSPS) is 24.4. The Morgan fingerprint density at radius 2 is 1.46 bits per heavy atom. The first-order valence-corrected chi connectivity index (χ1v) is 13.0. The monoisotopic (exact) mass is 429 g/mol. The summed E-state index contributed by atoms with van der Waals surface area (Å²) >= 11 is 0. The molecule has 28 heavy (non-hydrogen) atoms. The van der Waals surface area contributed by atoms with Crippen LogP contribution in [-0.4, -0.2) is 54.0 Å². The molecule has 3 rings (SSSR count). The van der Waals surface area contributed by atoms with Crippen molar-refractivity contribution in [3.8, 4) is 0 Å². The van der Waals surface area contributed by atoms with Gasteiger partial charge in [0.25, 0.3) is 0 Å². The van der Waals surface area contributed by atoms with Gasteiger partial charge in [-0.1, -0.05) is 13.8 Å². The highest BCUT2D eigenvalue weighted by atomic mass is 32.2. The Morgan fingerprint density at radius 3 is 2.00 bits per heavy atom. The number of sulfonamides is 2. The van der Waals surface area contributed by atoms with Crippen LogP contribution in [-0.2, 0) is 20.0 Å². The van der Waals surface area contributed by atoms with Crippen molar-refractivity contribution in [1.82, 2.24) is 14.3 Å². The number of piperidine rings is 1. The van der Waals surface area contributed by atoms with Crippen molar-refractivity contribution >= 4 is 20.0 Å². The van der Waals surface area contributed by atoms with E-state index in [0.717, 1.165) is 38.9 Å². The van der Waals surface area contributed by atoms with E-state index in [1.807, 2.05) is 0 Å². The van der Waals surface area contributed by atoms with E-state index in [0.29, 0.717) is 18.4 Å². The molecular weight excluding hydrogens is 398 g/mol. The minimum absolute atomic E-state index is 0.0148. The van der Waals surface area contributed by atoms with Crippen LogP contribution in [0, 0.1) is 11.8 Å². The molecule has 0 spiro atoms. The Bertz CT molecular complexity index is 855. The zero-order chi connectivity index (χ0) is 20.4. The predicted octanol–water partition coefficient (Wildman–Crippen LogP) is 1.77. The topological polar surface area (TPSA) is 95.6 Å². The third kappa shape index (κ3) is 6.00. The molecule has 7 nitrogen and oxygen atoms in total. The molecule has 0 amide bonds. The molecule has 2 aliphatic rings. The van der Waals surface area contributed by atoms with Gasteiger partial charge in [-0.25, -0.2) is 26.3 Å². The smallest absolute Gasteiger partial charge is 0.240 e. The first-order valence-electron chi connectivity index (χ1n) is 10.00. The van der Waals surface area contributed by atoms with Gasteiger partial charge in [-0.2, -0.15) is 0 Å². The lowest BCUT2D eigenvalue weighted by Gasteiger charge is -2.34. The number of rotatable bonds is 9. The molecule has 1 saturated heterocycles. The lowest BCUT2D eigenvalue weighted by atomic mass is 9.92. The Labute approximate surface area is 169 Å². The summed E-state index contributed by atoms with van der Waals surface area (Å²) < 4.78 is 54.4. The van der Waals surface area contributed by atoms with E-state index in [2.05, 4.69) is 28.2 Å². The first kappa shape index (κ1) is 21.7. The van der Waals surface area contributed by atoms with Crippen molar-refractivity contribution < 1.29 is 16.8 Å². The Balaban J connectivity index is 1.50. The Morgan fingerprint density at radius 1 is 0.929 bits per heavy atom. The number of hydrogen-bond acceptors (Lipinski definition) is 5. The third-order valence-electron chi connectivity index (χ3n) is 5.23. The Hall–Kier alpha value is -1.00. The lowest BCUT2D eigenvalue weighted by molar-refractivity contribution is 0.140. The summed E-state index contributed by atoms with van der Waals surface area (Å²) in [6.45, 7) is 7.90. The average molecular weight is 430 g/mol. The van der Waals surface area contributed by atoms with Crippen LogP contribution < -0.4 is 9.44 Å². The molecule has 9 heteroatoms. The molecule has 2 N–H and O–H groups in total. The maximum Gasteiger partial charge on any atom is 0.240 e. The van der Waals surface area contributed by atoms with E-state index in [9.17, 15) is 16.8 Å². The van der Waals surface area contributed by atoms with Crippen LogP contribution in [0.5, 0.6) is 0 Å². The fraction of sp³-hybridized carbons (Fsp3) is 0.684. The maximum atomic E-state index is 12.4. The maximum absolute atomic E-state index is 12.4. The van der Waals surface area contributed by atoms with Crippen molar-refractivity contribution in [2.24, 2.45) is 11.8 Å². The minimum atomic E-state index is -3.64. The molecular formula is C19H31N3O4S2. The van der Waals surface area contributed by atoms with Gasteiger partial charge in [-0.15, -0.1) is 0 Å². The number of benzene rings is 1. The number of nitrogens with one attached hydrogen (secondary N) is 2. The first-order chi connectivity index (χ1) is 13.2. The van der Waals surface area contributed by atoms with Crippen LogP contribution in [0.1, 0.15) is 39.5 Å². The average Bonchev–Trinajstić information content (AvgIpc) is 3.41. The quantitative estimate of drug-likeness (QED) is 0.584. The van der Waals surface area contributed by atoms with E-state index in [1.165, 1.54) is 30.7 Å². The predicted molar refractivity (Wildman–Crippen MR) is 109 cm³/mol. The van der Waals surface area contributed by atoms with Crippen LogP contribution in [0.3, 0.4) is 0 Å². The highest BCUT2D eigenvalue weighted by molar-refractivity contribution is 7.90. The van der Waals surface area contributed by atoms with Crippen LogP contribution in [0.4, 0.5) is 0 Å². The highest BCUT2D eigenvalue weighted by Crippen LogP contribution is 2.23. The molecule has 0 radical (unpaired) electrons. The summed E-state index contributed by atoms with van der Waals surface area (Å²) in [5.41, 5.74) is 0. The zero-order valence-electron chi connectivity index (χ0n) is 16.6. The third-order valence-corrected chi connectivity index (χ3v) is 8.24. The second kappa shape index (κ2) is 8.79. The fourth-order valence-electron chi connectivity index (χ4n) is 3.85. The van der Waals surface area contributed by atoms with Crippen LogP contribution >= 0.6 is 0 Å². The summed E-state index contributed by atoms with van der Waals surface area (Å²) in [5.74, 6) is 1.37. The van der Waals surface area contributed by atoms with Gasteiger partial charge in [0.05, 0.1) is 9.79 Å². The standard InChI is InChI=1S/C19H31N3O4S2/c1-15-12-16(2)14-22(13-15)11-3-10-20-27(23,24)18-6-8-19(9-7-18)28(25,26)21-17-4-5-17/h6-9,15-17,20-21H,3-5,10-14H2,1-2H3. The lowest BCUT2D eigenvalue weighted by Crippen LogP contribution is -2.40. The minimum Gasteiger partial charge on any atom is -0.303 e. The van der Waals surface area contributed by atoms with Gasteiger partial charge in [0.15, 0.2) is 0 Å². The molecule has 158 valence electrons. The van der Waals surface area contributed by atoms with Gasteiger partial charge in [0, 0.05) is 25.7 Å². The van der Waals surface area contributed by atoms with Gasteiger partial charge in [0.2, 0.25) is 20.0 Å². The van der Waals surface area contributed by atoms with Crippen LogP contribution in [0.2, 0.25) is 0 Å². The van der Waals surface area contributed by atoms with Crippen molar-refractivity contribution in [2.45, 2.75) is 55.4 Å². The van der Waals surface area contributed by atoms with Gasteiger partial charge in [-0.05, 0) is 68.3 Å². The number of hydrogen-bond donors (Lipinski definition) is 2. The summed E-state index contributed by atoms with van der Waals surface area (Å²) in [7, 11) is -7.21. The molecule has 0 bridgehead atoms. The van der Waals surface area contributed by atoms with Crippen LogP contribution in [0.25, 0.3) is 0 Å². The van der Waals surface area contributed by atoms with Crippen molar-refractivity contribution in [3.63, 3.8) is 0 Å². The fourth-order valence-corrected chi connectivity index (χ4v) is 6.23. The van der Waals surface area contributed by atoms with Crippen molar-refractivity contribution in [1.29, 1.82) is 0 Å². The van der Waals surface area contributed by atoms with E-state index < -0.39 is 20.0 Å². The summed E-state index contributed by atoms with van der Waals surface area (Å²) in [4.78, 5) is 2.57. The van der Waals surface area contributed by atoms with Gasteiger partial charge >= 0.3 is 0 Å². The van der Waals surface area contributed by atoms with E-state index in [1.54, 1.807) is 0 Å². The molecule has 1 aliphatic heterocycles. The van der Waals surface area contributed by atoms with Gasteiger partial charge < -0.3 is 4.90 Å². The van der Waals surface area contributed by atoms with Gasteiger partial charge in [0.1, 0.15) is 0 Å². The zero-order valence-corrected chi connectivity index (χ0v) is 18.2. The molecule has 1 aliphatic carbocycles. The molecule has 1 saturated carbocycles. The summed E-state index contributed by atoms with van der Waals surface area (Å²) in [5, 5.41) is 0. The molecule has 2 fully saturated rings. The largest absolute Gasteiger partial charge is 0.303 e. The van der Waals surface area contributed by atoms with Crippen molar-refractivity contribution in [3.05, 3.63) is 24.3 Å². The number of nitrogens with zero attached hydrogens (tertiary/aromatic N) is 1. The Kier molecular flexibility index (Phi) is 6.81. The summed E-state index contributed by atoms with van der Waals surface area (Å²) in [6.07, 6.45) is 3.71. The highest BCUT2D eigenvalue weighted by Gasteiger charge is 2.28. The van der Waals surface area contributed by atoms with Gasteiger partial charge in [-0.3, -0.25) is 0 Å². The molecule has 0 aromatic heterocycles. The molecule has 2 unspecified atom stereocenters. The number of likely N-dealkylation sites (tertiary alicyclic amines) is 1. The second-order valence-corrected chi connectivity index (χ2v) is 11.8. The van der Waals surface area contributed by atoms with E-state index in [4.69, 9.17) is 0 Å². The molecule has 1 aromatic carbocycles.